The fourth-order valence-electron chi connectivity index (χ4n) is 3.36. The standard InChI is InChI=1S/C19H30N2O2/c1-14-10-11-21(13-17(14)22)18(23)20-15(2)12-19(3,4)16-8-6-5-7-9-16/h5-9,14-15,17,22H,10-13H2,1-4H3,(H,20,23). The van der Waals surface area contributed by atoms with Crippen molar-refractivity contribution in [2.75, 3.05) is 13.1 Å². The summed E-state index contributed by atoms with van der Waals surface area (Å²) in [5.41, 5.74) is 1.28. The van der Waals surface area contributed by atoms with Crippen LogP contribution >= 0.6 is 0 Å². The summed E-state index contributed by atoms with van der Waals surface area (Å²) in [5.74, 6) is 0.272. The van der Waals surface area contributed by atoms with Gasteiger partial charge in [0.1, 0.15) is 0 Å². The number of nitrogens with one attached hydrogen (secondary N) is 1. The van der Waals surface area contributed by atoms with Crippen molar-refractivity contribution >= 4 is 6.03 Å². The number of piperidine rings is 1. The Balaban J connectivity index is 1.89. The number of hydrogen-bond acceptors (Lipinski definition) is 2. The van der Waals surface area contributed by atoms with E-state index < -0.39 is 6.10 Å². The average molecular weight is 318 g/mol. The molecule has 2 rings (SSSR count). The van der Waals surface area contributed by atoms with E-state index in [0.717, 1.165) is 19.4 Å². The molecule has 1 aliphatic heterocycles. The van der Waals surface area contributed by atoms with Gasteiger partial charge in [-0.05, 0) is 36.7 Å². The summed E-state index contributed by atoms with van der Waals surface area (Å²) < 4.78 is 0. The van der Waals surface area contributed by atoms with Crippen molar-refractivity contribution in [1.82, 2.24) is 10.2 Å². The van der Waals surface area contributed by atoms with Crippen molar-refractivity contribution in [1.29, 1.82) is 0 Å². The van der Waals surface area contributed by atoms with E-state index in [4.69, 9.17) is 0 Å². The van der Waals surface area contributed by atoms with Gasteiger partial charge < -0.3 is 15.3 Å². The number of likely N-dealkylation sites (tertiary alicyclic amines) is 1. The molecule has 2 N–H and O–H groups in total. The molecule has 4 heteroatoms. The van der Waals surface area contributed by atoms with Gasteiger partial charge in [0.25, 0.3) is 0 Å². The van der Waals surface area contributed by atoms with E-state index in [2.05, 4.69) is 43.4 Å². The molecular formula is C19H30N2O2. The summed E-state index contributed by atoms with van der Waals surface area (Å²) >= 11 is 0. The van der Waals surface area contributed by atoms with Crippen LogP contribution in [0.5, 0.6) is 0 Å². The van der Waals surface area contributed by atoms with Gasteiger partial charge in [0, 0.05) is 19.1 Å². The molecule has 2 amide bonds. The van der Waals surface area contributed by atoms with Gasteiger partial charge in [0.15, 0.2) is 0 Å². The molecular weight excluding hydrogens is 288 g/mol. The fourth-order valence-corrected chi connectivity index (χ4v) is 3.36. The number of rotatable bonds is 4. The van der Waals surface area contributed by atoms with E-state index in [-0.39, 0.29) is 23.4 Å². The lowest BCUT2D eigenvalue weighted by molar-refractivity contribution is 0.0429. The molecule has 128 valence electrons. The van der Waals surface area contributed by atoms with Crippen LogP contribution in [0.25, 0.3) is 0 Å². The SMILES string of the molecule is CC(CC(C)(C)c1ccccc1)NC(=O)N1CCC(C)C(O)C1. The molecule has 23 heavy (non-hydrogen) atoms. The van der Waals surface area contributed by atoms with Crippen LogP contribution in [0.2, 0.25) is 0 Å². The number of benzene rings is 1. The first kappa shape index (κ1) is 17.8. The van der Waals surface area contributed by atoms with Gasteiger partial charge in [-0.1, -0.05) is 51.1 Å². The maximum atomic E-state index is 12.4. The summed E-state index contributed by atoms with van der Waals surface area (Å²) in [6, 6.07) is 10.4. The Morgan fingerprint density at radius 3 is 2.65 bits per heavy atom. The van der Waals surface area contributed by atoms with Crippen LogP contribution in [0.15, 0.2) is 30.3 Å². The lowest BCUT2D eigenvalue weighted by Crippen LogP contribution is -2.52. The third-order valence-electron chi connectivity index (χ3n) is 4.95. The second-order valence-corrected chi connectivity index (χ2v) is 7.58. The Hall–Kier alpha value is -1.55. The summed E-state index contributed by atoms with van der Waals surface area (Å²) in [4.78, 5) is 14.1. The zero-order valence-electron chi connectivity index (χ0n) is 14.7. The van der Waals surface area contributed by atoms with Crippen molar-refractivity contribution in [3.05, 3.63) is 35.9 Å². The fraction of sp³-hybridized carbons (Fsp3) is 0.632. The number of carbonyl (C=O) groups is 1. The zero-order valence-corrected chi connectivity index (χ0v) is 14.7. The van der Waals surface area contributed by atoms with Crippen LogP contribution in [0.3, 0.4) is 0 Å². The summed E-state index contributed by atoms with van der Waals surface area (Å²) in [7, 11) is 0. The van der Waals surface area contributed by atoms with Gasteiger partial charge in [0.05, 0.1) is 6.10 Å². The van der Waals surface area contributed by atoms with E-state index in [0.29, 0.717) is 6.54 Å². The van der Waals surface area contributed by atoms with Gasteiger partial charge in [-0.3, -0.25) is 0 Å². The Kier molecular flexibility index (Phi) is 5.69. The van der Waals surface area contributed by atoms with E-state index in [9.17, 15) is 9.90 Å². The van der Waals surface area contributed by atoms with E-state index in [1.807, 2.05) is 19.9 Å². The van der Waals surface area contributed by atoms with Crippen LogP contribution in [0.1, 0.15) is 46.1 Å². The Morgan fingerprint density at radius 2 is 2.04 bits per heavy atom. The van der Waals surface area contributed by atoms with Gasteiger partial charge in [-0.15, -0.1) is 0 Å². The summed E-state index contributed by atoms with van der Waals surface area (Å²) in [6.45, 7) is 9.64. The van der Waals surface area contributed by atoms with E-state index >= 15 is 0 Å². The molecule has 1 saturated heterocycles. The quantitative estimate of drug-likeness (QED) is 0.896. The molecule has 3 atom stereocenters. The highest BCUT2D eigenvalue weighted by Gasteiger charge is 2.29. The number of amides is 2. The Bertz CT molecular complexity index is 515. The molecule has 1 aromatic rings. The van der Waals surface area contributed by atoms with Crippen molar-refractivity contribution in [2.45, 2.75) is 58.1 Å². The zero-order chi connectivity index (χ0) is 17.0. The first-order valence-electron chi connectivity index (χ1n) is 8.58. The smallest absolute Gasteiger partial charge is 0.317 e. The topological polar surface area (TPSA) is 52.6 Å². The molecule has 0 spiro atoms. The molecule has 0 aliphatic carbocycles. The van der Waals surface area contributed by atoms with Crippen molar-refractivity contribution in [3.8, 4) is 0 Å². The summed E-state index contributed by atoms with van der Waals surface area (Å²) in [5, 5.41) is 13.0. The lowest BCUT2D eigenvalue weighted by atomic mass is 9.79. The lowest BCUT2D eigenvalue weighted by Gasteiger charge is -2.36. The van der Waals surface area contributed by atoms with Crippen molar-refractivity contribution < 1.29 is 9.90 Å². The van der Waals surface area contributed by atoms with Gasteiger partial charge in [-0.2, -0.15) is 0 Å². The third-order valence-corrected chi connectivity index (χ3v) is 4.95. The number of aliphatic hydroxyl groups is 1. The van der Waals surface area contributed by atoms with Crippen molar-refractivity contribution in [3.63, 3.8) is 0 Å². The second kappa shape index (κ2) is 7.35. The highest BCUT2D eigenvalue weighted by Crippen LogP contribution is 2.28. The maximum absolute atomic E-state index is 12.4. The number of hydrogen-bond donors (Lipinski definition) is 2. The maximum Gasteiger partial charge on any atom is 0.317 e. The highest BCUT2D eigenvalue weighted by molar-refractivity contribution is 5.74. The molecule has 4 nitrogen and oxygen atoms in total. The number of urea groups is 1. The number of β-amino-alcohol motifs (C(OH)–C–C–N with tert-alkyl or cyclic N) is 1. The third kappa shape index (κ3) is 4.71. The first-order chi connectivity index (χ1) is 10.8. The monoisotopic (exact) mass is 318 g/mol. The predicted molar refractivity (Wildman–Crippen MR) is 93.4 cm³/mol. The molecule has 0 radical (unpaired) electrons. The van der Waals surface area contributed by atoms with Crippen LogP contribution in [-0.4, -0.2) is 41.3 Å². The minimum Gasteiger partial charge on any atom is -0.391 e. The molecule has 3 unspecified atom stereocenters. The Labute approximate surface area is 139 Å². The van der Waals surface area contributed by atoms with E-state index in [1.165, 1.54) is 5.56 Å². The molecule has 0 bridgehead atoms. The van der Waals surface area contributed by atoms with Crippen LogP contribution < -0.4 is 5.32 Å². The number of aliphatic hydroxyl groups excluding tert-OH is 1. The van der Waals surface area contributed by atoms with Gasteiger partial charge >= 0.3 is 6.03 Å². The molecule has 1 aromatic carbocycles. The average Bonchev–Trinajstić information content (AvgIpc) is 2.50. The number of nitrogens with zero attached hydrogens (tertiary/aromatic N) is 1. The van der Waals surface area contributed by atoms with E-state index in [1.54, 1.807) is 4.90 Å². The predicted octanol–water partition coefficient (Wildman–Crippen LogP) is 3.16. The highest BCUT2D eigenvalue weighted by atomic mass is 16.3. The normalized spacial score (nSPS) is 23.4. The molecule has 1 heterocycles. The molecule has 0 aromatic heterocycles. The first-order valence-corrected chi connectivity index (χ1v) is 8.58. The minimum atomic E-state index is -0.412. The summed E-state index contributed by atoms with van der Waals surface area (Å²) in [6.07, 6.45) is 1.32. The van der Waals surface area contributed by atoms with Crippen molar-refractivity contribution in [2.24, 2.45) is 5.92 Å². The van der Waals surface area contributed by atoms with Crippen LogP contribution in [-0.2, 0) is 5.41 Å². The van der Waals surface area contributed by atoms with Crippen LogP contribution in [0.4, 0.5) is 4.79 Å². The minimum absolute atomic E-state index is 0.00385. The molecule has 1 fully saturated rings. The Morgan fingerprint density at radius 1 is 1.39 bits per heavy atom. The second-order valence-electron chi connectivity index (χ2n) is 7.58. The van der Waals surface area contributed by atoms with Gasteiger partial charge in [0.2, 0.25) is 0 Å². The molecule has 1 aliphatic rings. The number of carbonyl (C=O) groups excluding carboxylic acids is 1. The largest absolute Gasteiger partial charge is 0.391 e. The molecule has 0 saturated carbocycles. The van der Waals surface area contributed by atoms with Gasteiger partial charge in [-0.25, -0.2) is 4.79 Å². The van der Waals surface area contributed by atoms with Crippen LogP contribution in [0, 0.1) is 5.92 Å².